The van der Waals surface area contributed by atoms with Crippen molar-refractivity contribution in [1.82, 2.24) is 19.9 Å². The topological polar surface area (TPSA) is 80.9 Å². The maximum absolute atomic E-state index is 13.1. The number of carbonyl (C=O) groups excluding carboxylic acids is 1. The third-order valence-corrected chi connectivity index (χ3v) is 6.05. The number of ether oxygens (including phenoxy) is 2. The van der Waals surface area contributed by atoms with Gasteiger partial charge in [-0.15, -0.1) is 0 Å². The predicted molar refractivity (Wildman–Crippen MR) is 129 cm³/mol. The van der Waals surface area contributed by atoms with Gasteiger partial charge >= 0.3 is 0 Å². The van der Waals surface area contributed by atoms with E-state index >= 15 is 0 Å². The molecule has 0 unspecified atom stereocenters. The van der Waals surface area contributed by atoms with Crippen molar-refractivity contribution in [1.29, 1.82) is 0 Å². The fraction of sp³-hybridized carbons (Fsp3) is 0.423. The Bertz CT molecular complexity index is 1100. The minimum Gasteiger partial charge on any atom is -0.490 e. The largest absolute Gasteiger partial charge is 0.490 e. The number of carbonyl (C=O) groups is 1. The molecule has 2 aromatic carbocycles. The quantitative estimate of drug-likeness (QED) is 0.490. The molecule has 0 aliphatic carbocycles. The number of hydrogen-bond acceptors (Lipinski definition) is 7. The molecule has 1 amide bonds. The Hall–Kier alpha value is -3.39. The van der Waals surface area contributed by atoms with Crippen LogP contribution in [-0.4, -0.2) is 65.2 Å². The molecule has 0 radical (unpaired) electrons. The predicted octanol–water partition coefficient (Wildman–Crippen LogP) is 4.36. The van der Waals surface area contributed by atoms with Crippen molar-refractivity contribution in [2.24, 2.45) is 0 Å². The van der Waals surface area contributed by atoms with E-state index in [2.05, 4.69) is 22.0 Å². The molecule has 0 saturated carbocycles. The van der Waals surface area contributed by atoms with E-state index in [0.29, 0.717) is 55.1 Å². The molecule has 1 aliphatic rings. The molecule has 2 heterocycles. The molecule has 0 N–H and O–H groups in total. The molecule has 8 heteroatoms. The molecule has 1 aromatic heterocycles. The second-order valence-electron chi connectivity index (χ2n) is 8.35. The molecule has 4 rings (SSSR count). The highest BCUT2D eigenvalue weighted by Gasteiger charge is 2.28. The molecule has 0 spiro atoms. The van der Waals surface area contributed by atoms with Crippen molar-refractivity contribution in [3.05, 3.63) is 59.5 Å². The lowest BCUT2D eigenvalue weighted by molar-refractivity contribution is 0.0551. The summed E-state index contributed by atoms with van der Waals surface area (Å²) in [5.41, 5.74) is 2.73. The molecule has 8 nitrogen and oxygen atoms in total. The van der Waals surface area contributed by atoms with E-state index in [4.69, 9.17) is 14.0 Å². The van der Waals surface area contributed by atoms with Gasteiger partial charge < -0.3 is 18.9 Å². The number of amides is 1. The van der Waals surface area contributed by atoms with Crippen LogP contribution in [0.1, 0.15) is 48.6 Å². The van der Waals surface area contributed by atoms with Gasteiger partial charge in [0.05, 0.1) is 19.3 Å². The highest BCUT2D eigenvalue weighted by atomic mass is 16.5. The molecular weight excluding hydrogens is 432 g/mol. The second-order valence-corrected chi connectivity index (χ2v) is 8.35. The highest BCUT2D eigenvalue weighted by Crippen LogP contribution is 2.30. The first-order valence-corrected chi connectivity index (χ1v) is 11.8. The lowest BCUT2D eigenvalue weighted by Crippen LogP contribution is -2.49. The van der Waals surface area contributed by atoms with Crippen LogP contribution in [-0.2, 0) is 0 Å². The van der Waals surface area contributed by atoms with E-state index < -0.39 is 0 Å². The van der Waals surface area contributed by atoms with E-state index in [-0.39, 0.29) is 11.9 Å². The second kappa shape index (κ2) is 10.7. The fourth-order valence-corrected chi connectivity index (χ4v) is 4.06. The van der Waals surface area contributed by atoms with Gasteiger partial charge in [0.1, 0.15) is 0 Å². The Morgan fingerprint density at radius 2 is 1.68 bits per heavy atom. The summed E-state index contributed by atoms with van der Waals surface area (Å²) in [6, 6.07) is 13.4. The molecular formula is C26H32N4O4. The Labute approximate surface area is 200 Å². The summed E-state index contributed by atoms with van der Waals surface area (Å²) >= 11 is 0. The molecule has 1 atom stereocenters. The van der Waals surface area contributed by atoms with Crippen LogP contribution in [0.2, 0.25) is 0 Å². The first kappa shape index (κ1) is 23.8. The van der Waals surface area contributed by atoms with E-state index in [1.807, 2.05) is 49.9 Å². The normalized spacial score (nSPS) is 15.2. The zero-order valence-electron chi connectivity index (χ0n) is 20.3. The average Bonchev–Trinajstić information content (AvgIpc) is 3.35. The van der Waals surface area contributed by atoms with Crippen molar-refractivity contribution in [3.63, 3.8) is 0 Å². The maximum Gasteiger partial charge on any atom is 0.254 e. The fourth-order valence-electron chi connectivity index (χ4n) is 4.06. The Morgan fingerprint density at radius 1 is 1.00 bits per heavy atom. The first-order valence-electron chi connectivity index (χ1n) is 11.8. The zero-order chi connectivity index (χ0) is 24.1. The summed E-state index contributed by atoms with van der Waals surface area (Å²) < 4.78 is 16.9. The summed E-state index contributed by atoms with van der Waals surface area (Å²) in [7, 11) is 0. The molecule has 1 aliphatic heterocycles. The molecule has 180 valence electrons. The number of hydrogen-bond donors (Lipinski definition) is 0. The van der Waals surface area contributed by atoms with Crippen molar-refractivity contribution < 1.29 is 18.8 Å². The van der Waals surface area contributed by atoms with Crippen LogP contribution in [0.25, 0.3) is 11.4 Å². The van der Waals surface area contributed by atoms with Crippen LogP contribution in [0.5, 0.6) is 11.5 Å². The standard InChI is InChI=1S/C26H32N4O4/c1-5-32-22-12-11-21(17-23(22)33-6-2)26(31)30-15-13-29(14-16-30)19(4)25-27-24(28-34-25)20-9-7-18(3)8-10-20/h7-12,17,19H,5-6,13-16H2,1-4H3/t19-/m1/s1. The van der Waals surface area contributed by atoms with E-state index in [9.17, 15) is 4.79 Å². The van der Waals surface area contributed by atoms with Gasteiger partial charge in [0.2, 0.25) is 11.7 Å². The van der Waals surface area contributed by atoms with Crippen LogP contribution in [0, 0.1) is 6.92 Å². The van der Waals surface area contributed by atoms with Crippen molar-refractivity contribution in [2.75, 3.05) is 39.4 Å². The van der Waals surface area contributed by atoms with Gasteiger partial charge in [-0.1, -0.05) is 35.0 Å². The van der Waals surface area contributed by atoms with Crippen LogP contribution in [0.3, 0.4) is 0 Å². The van der Waals surface area contributed by atoms with Gasteiger partial charge in [-0.05, 0) is 45.9 Å². The van der Waals surface area contributed by atoms with Crippen LogP contribution in [0.4, 0.5) is 0 Å². The monoisotopic (exact) mass is 464 g/mol. The number of piperazine rings is 1. The molecule has 3 aromatic rings. The van der Waals surface area contributed by atoms with Gasteiger partial charge in [0.15, 0.2) is 11.5 Å². The molecule has 1 saturated heterocycles. The number of nitrogens with zero attached hydrogens (tertiary/aromatic N) is 4. The SMILES string of the molecule is CCOc1ccc(C(=O)N2CCN([C@H](C)c3nc(-c4ccc(C)cc4)no3)CC2)cc1OCC. The van der Waals surface area contributed by atoms with Crippen molar-refractivity contribution in [3.8, 4) is 22.9 Å². The van der Waals surface area contributed by atoms with Crippen LogP contribution in [0.15, 0.2) is 47.0 Å². The van der Waals surface area contributed by atoms with E-state index in [1.54, 1.807) is 18.2 Å². The summed E-state index contributed by atoms with van der Waals surface area (Å²) in [6.07, 6.45) is 0. The van der Waals surface area contributed by atoms with Crippen molar-refractivity contribution >= 4 is 5.91 Å². The highest BCUT2D eigenvalue weighted by molar-refractivity contribution is 5.95. The molecule has 0 bridgehead atoms. The van der Waals surface area contributed by atoms with E-state index in [1.165, 1.54) is 5.56 Å². The Balaban J connectivity index is 1.38. The van der Waals surface area contributed by atoms with Gasteiger partial charge in [-0.2, -0.15) is 4.98 Å². The lowest BCUT2D eigenvalue weighted by Gasteiger charge is -2.36. The van der Waals surface area contributed by atoms with Crippen LogP contribution < -0.4 is 9.47 Å². The minimum absolute atomic E-state index is 0.00393. The Kier molecular flexibility index (Phi) is 7.47. The van der Waals surface area contributed by atoms with Gasteiger partial charge in [0.25, 0.3) is 5.91 Å². The first-order chi connectivity index (χ1) is 16.5. The minimum atomic E-state index is -0.0287. The summed E-state index contributed by atoms with van der Waals surface area (Å²) in [4.78, 5) is 21.9. The smallest absolute Gasteiger partial charge is 0.254 e. The number of aryl methyl sites for hydroxylation is 1. The number of benzene rings is 2. The van der Waals surface area contributed by atoms with Crippen molar-refractivity contribution in [2.45, 2.75) is 33.7 Å². The maximum atomic E-state index is 13.1. The lowest BCUT2D eigenvalue weighted by atomic mass is 10.1. The zero-order valence-corrected chi connectivity index (χ0v) is 20.3. The third kappa shape index (κ3) is 5.22. The number of rotatable bonds is 8. The van der Waals surface area contributed by atoms with Gasteiger partial charge in [-0.25, -0.2) is 0 Å². The molecule has 1 fully saturated rings. The number of aromatic nitrogens is 2. The average molecular weight is 465 g/mol. The van der Waals surface area contributed by atoms with Gasteiger partial charge in [0, 0.05) is 37.3 Å². The summed E-state index contributed by atoms with van der Waals surface area (Å²) in [5.74, 6) is 2.43. The third-order valence-electron chi connectivity index (χ3n) is 6.05. The Morgan fingerprint density at radius 3 is 2.35 bits per heavy atom. The van der Waals surface area contributed by atoms with Crippen LogP contribution >= 0.6 is 0 Å². The summed E-state index contributed by atoms with van der Waals surface area (Å²) in [6.45, 7) is 11.7. The van der Waals surface area contributed by atoms with E-state index in [0.717, 1.165) is 18.7 Å². The summed E-state index contributed by atoms with van der Waals surface area (Å²) in [5, 5.41) is 4.16. The molecule has 34 heavy (non-hydrogen) atoms. The van der Waals surface area contributed by atoms with Gasteiger partial charge in [-0.3, -0.25) is 9.69 Å².